The Hall–Kier alpha value is -1.23. The molecule has 0 fully saturated rings. The van der Waals surface area contributed by atoms with E-state index in [1.54, 1.807) is 0 Å². The number of amides is 1. The molecule has 0 N–H and O–H groups in total. The first-order chi connectivity index (χ1) is 12.1. The van der Waals surface area contributed by atoms with Crippen LogP contribution in [0, 0.1) is 11.8 Å². The van der Waals surface area contributed by atoms with E-state index in [2.05, 4.69) is 56.8 Å². The summed E-state index contributed by atoms with van der Waals surface area (Å²) in [6, 6.07) is 18.1. The molecule has 0 saturated carbocycles. The Labute approximate surface area is 194 Å². The van der Waals surface area contributed by atoms with Crippen molar-refractivity contribution >= 4 is 11.8 Å². The fourth-order valence-corrected chi connectivity index (χ4v) is 2.80. The van der Waals surface area contributed by atoms with Gasteiger partial charge in [0.1, 0.15) is 5.60 Å². The minimum Gasteiger partial charge on any atom is -0.649 e. The van der Waals surface area contributed by atoms with Crippen LogP contribution in [0.1, 0.15) is 58.6 Å². The standard InChI is InChI=1S/C23H30NO2.2Li/c1-22(2,3)19(17-12-8-7-9-13-17)16-18-14-10-11-15-20(18)24-21(25)26-23(4,5)6;;/h7-16,19H,1-6H3,(H,24,25);;/q-1;2*+1/p-1. The van der Waals surface area contributed by atoms with Crippen molar-refractivity contribution in [1.82, 2.24) is 0 Å². The smallest absolute Gasteiger partial charge is 0.649 e. The fourth-order valence-electron chi connectivity index (χ4n) is 2.80. The van der Waals surface area contributed by atoms with Crippen LogP contribution in [-0.2, 0) is 4.74 Å². The maximum absolute atomic E-state index is 12.1. The Balaban J connectivity index is 0.00000364. The molecule has 2 aromatic rings. The van der Waals surface area contributed by atoms with Crippen LogP contribution >= 0.6 is 0 Å². The topological polar surface area (TPSA) is 40.4 Å². The molecule has 5 heteroatoms. The van der Waals surface area contributed by atoms with Crippen LogP contribution in [0.2, 0.25) is 0 Å². The van der Waals surface area contributed by atoms with E-state index in [9.17, 15) is 4.79 Å². The van der Waals surface area contributed by atoms with Gasteiger partial charge in [-0.05, 0) is 32.1 Å². The second kappa shape index (κ2) is 11.1. The van der Waals surface area contributed by atoms with Gasteiger partial charge < -0.3 is 10.1 Å². The Morgan fingerprint density at radius 3 is 1.96 bits per heavy atom. The zero-order valence-electron chi connectivity index (χ0n) is 18.6. The molecule has 0 aliphatic rings. The van der Waals surface area contributed by atoms with Crippen molar-refractivity contribution in [3.05, 3.63) is 77.5 Å². The third-order valence-corrected chi connectivity index (χ3v) is 3.98. The van der Waals surface area contributed by atoms with Gasteiger partial charge in [-0.2, -0.15) is 12.5 Å². The molecule has 28 heavy (non-hydrogen) atoms. The second-order valence-corrected chi connectivity index (χ2v) is 8.57. The van der Waals surface area contributed by atoms with Crippen molar-refractivity contribution in [3.8, 4) is 0 Å². The molecule has 0 aromatic heterocycles. The van der Waals surface area contributed by atoms with E-state index < -0.39 is 11.7 Å². The Kier molecular flexibility index (Phi) is 10.6. The van der Waals surface area contributed by atoms with Crippen molar-refractivity contribution in [2.45, 2.75) is 53.1 Å². The average Bonchev–Trinajstić information content (AvgIpc) is 2.52. The molecule has 2 aromatic carbocycles. The normalized spacial score (nSPS) is 12.1. The largest absolute Gasteiger partial charge is 1.00 e. The molecule has 0 radical (unpaired) electrons. The summed E-state index contributed by atoms with van der Waals surface area (Å²) in [7, 11) is 0. The minimum absolute atomic E-state index is 0. The summed E-state index contributed by atoms with van der Waals surface area (Å²) < 4.78 is 5.33. The summed E-state index contributed by atoms with van der Waals surface area (Å²) in [5.41, 5.74) is 2.28. The molecule has 0 heterocycles. The van der Waals surface area contributed by atoms with E-state index in [1.165, 1.54) is 5.56 Å². The summed E-state index contributed by atoms with van der Waals surface area (Å²) in [5, 5.41) is 4.18. The van der Waals surface area contributed by atoms with Crippen LogP contribution in [0.15, 0.2) is 54.6 Å². The van der Waals surface area contributed by atoms with Crippen molar-refractivity contribution in [2.24, 2.45) is 5.41 Å². The summed E-state index contributed by atoms with van der Waals surface area (Å²) in [5.74, 6) is 0.193. The summed E-state index contributed by atoms with van der Waals surface area (Å²) in [6.45, 7) is 12.2. The average molecular weight is 365 g/mol. The maximum Gasteiger partial charge on any atom is 1.00 e. The molecule has 1 amide bonds. The van der Waals surface area contributed by atoms with Gasteiger partial charge in [-0.3, -0.25) is 4.79 Å². The SMILES string of the molecule is CC(C)(C)OC(=O)[N-]c1ccccc1[CH-]C(c1ccccc1)C(C)(C)C.[Li+].[Li+]. The predicted molar refractivity (Wildman–Crippen MR) is 108 cm³/mol. The number of ether oxygens (including phenoxy) is 1. The third-order valence-electron chi connectivity index (χ3n) is 3.98. The number of para-hydroxylation sites is 1. The van der Waals surface area contributed by atoms with Crippen LogP contribution < -0.4 is 37.7 Å². The zero-order valence-corrected chi connectivity index (χ0v) is 18.6. The van der Waals surface area contributed by atoms with Gasteiger partial charge in [0.2, 0.25) is 6.09 Å². The van der Waals surface area contributed by atoms with E-state index in [-0.39, 0.29) is 49.1 Å². The molecule has 0 aliphatic carbocycles. The second-order valence-electron chi connectivity index (χ2n) is 8.57. The number of benzene rings is 2. The van der Waals surface area contributed by atoms with Crippen molar-refractivity contribution in [2.75, 3.05) is 0 Å². The van der Waals surface area contributed by atoms with E-state index in [1.807, 2.05) is 51.1 Å². The molecule has 1 atom stereocenters. The van der Waals surface area contributed by atoms with Gasteiger partial charge in [-0.25, -0.2) is 11.3 Å². The summed E-state index contributed by atoms with van der Waals surface area (Å²) in [6.07, 6.45) is 1.63. The van der Waals surface area contributed by atoms with Gasteiger partial charge in [0.05, 0.1) is 0 Å². The van der Waals surface area contributed by atoms with Gasteiger partial charge in [-0.1, -0.05) is 62.7 Å². The number of hydrogen-bond acceptors (Lipinski definition) is 2. The van der Waals surface area contributed by atoms with Gasteiger partial charge >= 0.3 is 37.7 Å². The Bertz CT molecular complexity index is 734. The van der Waals surface area contributed by atoms with E-state index in [0.29, 0.717) is 5.69 Å². The number of rotatable bonds is 4. The van der Waals surface area contributed by atoms with Crippen LogP contribution in [0.3, 0.4) is 0 Å². The Morgan fingerprint density at radius 1 is 0.893 bits per heavy atom. The van der Waals surface area contributed by atoms with Crippen LogP contribution in [0.25, 0.3) is 5.32 Å². The van der Waals surface area contributed by atoms with Crippen LogP contribution in [-0.4, -0.2) is 11.7 Å². The molecule has 1 unspecified atom stereocenters. The molecule has 0 bridgehead atoms. The number of hydrogen-bond donors (Lipinski definition) is 0. The van der Waals surface area contributed by atoms with Gasteiger partial charge in [0, 0.05) is 0 Å². The van der Waals surface area contributed by atoms with E-state index in [0.717, 1.165) is 5.56 Å². The van der Waals surface area contributed by atoms with Gasteiger partial charge in [0.15, 0.2) is 0 Å². The Morgan fingerprint density at radius 2 is 1.43 bits per heavy atom. The number of nitrogens with zero attached hydrogens (tertiary/aromatic N) is 1. The third kappa shape index (κ3) is 8.42. The number of carbonyl (C=O) groups excluding carboxylic acids is 1. The van der Waals surface area contributed by atoms with Crippen molar-refractivity contribution in [1.29, 1.82) is 0 Å². The first-order valence-corrected chi connectivity index (χ1v) is 9.00. The van der Waals surface area contributed by atoms with Crippen LogP contribution in [0.4, 0.5) is 10.5 Å². The zero-order chi connectivity index (χ0) is 19.4. The molecule has 2 rings (SSSR count). The maximum atomic E-state index is 12.1. The summed E-state index contributed by atoms with van der Waals surface area (Å²) >= 11 is 0. The van der Waals surface area contributed by atoms with Gasteiger partial charge in [-0.15, -0.1) is 12.1 Å². The minimum atomic E-state index is -0.564. The first-order valence-electron chi connectivity index (χ1n) is 9.00. The number of carbonyl (C=O) groups is 1. The van der Waals surface area contributed by atoms with E-state index >= 15 is 0 Å². The van der Waals surface area contributed by atoms with Gasteiger partial charge in [0.25, 0.3) is 0 Å². The summed E-state index contributed by atoms with van der Waals surface area (Å²) in [4.78, 5) is 12.1. The molecule has 0 spiro atoms. The first kappa shape index (κ1) is 26.8. The molecule has 0 saturated heterocycles. The monoisotopic (exact) mass is 365 g/mol. The van der Waals surface area contributed by atoms with Crippen molar-refractivity contribution in [3.63, 3.8) is 0 Å². The van der Waals surface area contributed by atoms with Crippen molar-refractivity contribution < 1.29 is 47.3 Å². The van der Waals surface area contributed by atoms with E-state index in [4.69, 9.17) is 4.74 Å². The molecule has 140 valence electrons. The molecule has 0 aliphatic heterocycles. The van der Waals surface area contributed by atoms with Crippen LogP contribution in [0.5, 0.6) is 0 Å². The quantitative estimate of drug-likeness (QED) is 0.600. The molecule has 3 nitrogen and oxygen atoms in total. The predicted octanol–water partition coefficient (Wildman–Crippen LogP) is 1.02. The fraction of sp³-hybridized carbons (Fsp3) is 0.391. The molecular weight excluding hydrogens is 336 g/mol. The molecular formula is C23H29Li2NO2.